The quantitative estimate of drug-likeness (QED) is 0.518. The predicted molar refractivity (Wildman–Crippen MR) is 65.2 cm³/mol. The van der Waals surface area contributed by atoms with Crippen molar-refractivity contribution in [2.45, 2.75) is 0 Å². The molecule has 5 heteroatoms. The molecule has 1 rings (SSSR count). The molecule has 0 unspecified atom stereocenters. The number of hydrogen-bond acceptors (Lipinski definition) is 3. The van der Waals surface area contributed by atoms with Gasteiger partial charge in [0.1, 0.15) is 17.6 Å². The number of hydrogen-bond donors (Lipinski definition) is 1. The van der Waals surface area contributed by atoms with Crippen molar-refractivity contribution in [1.29, 1.82) is 5.26 Å². The first-order valence-corrected chi connectivity index (χ1v) is 5.06. The summed E-state index contributed by atoms with van der Waals surface area (Å²) in [6.45, 7) is 0. The van der Waals surface area contributed by atoms with Crippen molar-refractivity contribution in [3.05, 3.63) is 39.4 Å². The molecule has 3 nitrogen and oxygen atoms in total. The molecule has 1 aromatic rings. The molecule has 1 aromatic carbocycles. The summed E-state index contributed by atoms with van der Waals surface area (Å²) in [6.07, 6.45) is 2.80. The van der Waals surface area contributed by atoms with E-state index in [1.807, 2.05) is 22.6 Å². The number of aliphatic imine (C=N–C) groups is 1. The average Bonchev–Trinajstić information content (AvgIpc) is 2.21. The van der Waals surface area contributed by atoms with Gasteiger partial charge >= 0.3 is 0 Å². The molecule has 76 valence electrons. The minimum Gasteiger partial charge on any atom is -0.390 e. The average molecular weight is 315 g/mol. The highest BCUT2D eigenvalue weighted by Gasteiger charge is 1.97. The summed E-state index contributed by atoms with van der Waals surface area (Å²) >= 11 is 1.98. The Labute approximate surface area is 100 Å². The largest absolute Gasteiger partial charge is 0.390 e. The van der Waals surface area contributed by atoms with Crippen LogP contribution in [0, 0.1) is 20.7 Å². The van der Waals surface area contributed by atoms with E-state index in [9.17, 15) is 4.39 Å². The maximum absolute atomic E-state index is 12.7. The minimum atomic E-state index is -0.301. The van der Waals surface area contributed by atoms with Crippen molar-refractivity contribution in [3.8, 4) is 6.07 Å². The van der Waals surface area contributed by atoms with E-state index in [1.165, 1.54) is 24.4 Å². The van der Waals surface area contributed by atoms with Gasteiger partial charge in [-0.25, -0.2) is 4.39 Å². The fraction of sp³-hybridized carbons (Fsp3) is 0. The standard InChI is InChI=1S/C10H7FIN3/c11-7-1-2-10(9(12)5-7)15-4-3-8(14)6-13/h1-5H,14H2. The first kappa shape index (κ1) is 11.7. The van der Waals surface area contributed by atoms with Crippen LogP contribution in [-0.2, 0) is 0 Å². The van der Waals surface area contributed by atoms with E-state index in [0.29, 0.717) is 9.26 Å². The second-order valence-corrected chi connectivity index (χ2v) is 3.77. The predicted octanol–water partition coefficient (Wildman–Crippen LogP) is 2.50. The summed E-state index contributed by atoms with van der Waals surface area (Å²) in [5.74, 6) is -0.301. The monoisotopic (exact) mass is 315 g/mol. The fourth-order valence-electron chi connectivity index (χ4n) is 0.821. The highest BCUT2D eigenvalue weighted by molar-refractivity contribution is 14.1. The fourth-order valence-corrected chi connectivity index (χ4v) is 1.44. The third kappa shape index (κ3) is 3.67. The van der Waals surface area contributed by atoms with Crippen molar-refractivity contribution in [1.82, 2.24) is 0 Å². The molecule has 0 radical (unpaired) electrons. The van der Waals surface area contributed by atoms with E-state index in [4.69, 9.17) is 11.0 Å². The van der Waals surface area contributed by atoms with Crippen molar-refractivity contribution in [2.24, 2.45) is 10.7 Å². The summed E-state index contributed by atoms with van der Waals surface area (Å²) in [7, 11) is 0. The van der Waals surface area contributed by atoms with Gasteiger partial charge in [-0.15, -0.1) is 0 Å². The van der Waals surface area contributed by atoms with E-state index in [0.717, 1.165) is 0 Å². The lowest BCUT2D eigenvalue weighted by Gasteiger charge is -1.96. The van der Waals surface area contributed by atoms with Gasteiger partial charge in [-0.05, 0) is 46.9 Å². The number of nitrogens with two attached hydrogens (primary N) is 1. The van der Waals surface area contributed by atoms with Crippen molar-refractivity contribution >= 4 is 34.5 Å². The van der Waals surface area contributed by atoms with Gasteiger partial charge in [0.15, 0.2) is 0 Å². The van der Waals surface area contributed by atoms with Gasteiger partial charge in [-0.1, -0.05) is 0 Å². The van der Waals surface area contributed by atoms with Crippen LogP contribution in [-0.4, -0.2) is 6.21 Å². The van der Waals surface area contributed by atoms with Crippen LogP contribution < -0.4 is 5.73 Å². The third-order valence-electron chi connectivity index (χ3n) is 1.51. The molecule has 0 amide bonds. The maximum Gasteiger partial charge on any atom is 0.124 e. The third-order valence-corrected chi connectivity index (χ3v) is 2.37. The van der Waals surface area contributed by atoms with E-state index in [1.54, 1.807) is 12.1 Å². The van der Waals surface area contributed by atoms with Crippen LogP contribution in [0.1, 0.15) is 0 Å². The second-order valence-electron chi connectivity index (χ2n) is 2.61. The van der Waals surface area contributed by atoms with Gasteiger partial charge in [-0.2, -0.15) is 5.26 Å². The summed E-state index contributed by atoms with van der Waals surface area (Å²) in [5, 5.41) is 8.37. The Hall–Kier alpha value is -1.42. The summed E-state index contributed by atoms with van der Waals surface area (Å²) in [6, 6.07) is 6.03. The Bertz CT molecular complexity index is 460. The first-order chi connectivity index (χ1) is 7.13. The van der Waals surface area contributed by atoms with Crippen LogP contribution in [0.3, 0.4) is 0 Å². The zero-order chi connectivity index (χ0) is 11.3. The number of benzene rings is 1. The van der Waals surface area contributed by atoms with Crippen LogP contribution in [0.4, 0.5) is 10.1 Å². The number of nitrogens with zero attached hydrogens (tertiary/aromatic N) is 2. The number of halogens is 2. The normalized spacial score (nSPS) is 11.7. The van der Waals surface area contributed by atoms with Crippen molar-refractivity contribution in [2.75, 3.05) is 0 Å². The maximum atomic E-state index is 12.7. The van der Waals surface area contributed by atoms with E-state index < -0.39 is 0 Å². The Morgan fingerprint density at radius 3 is 2.93 bits per heavy atom. The van der Waals surface area contributed by atoms with Crippen molar-refractivity contribution < 1.29 is 4.39 Å². The molecule has 0 atom stereocenters. The highest BCUT2D eigenvalue weighted by atomic mass is 127. The molecule has 0 saturated heterocycles. The summed E-state index contributed by atoms with van der Waals surface area (Å²) < 4.78 is 13.4. The van der Waals surface area contributed by atoms with Crippen molar-refractivity contribution in [3.63, 3.8) is 0 Å². The molecule has 0 aliphatic rings. The van der Waals surface area contributed by atoms with Gasteiger partial charge in [-0.3, -0.25) is 4.99 Å². The van der Waals surface area contributed by atoms with Gasteiger partial charge in [0, 0.05) is 9.78 Å². The van der Waals surface area contributed by atoms with Crippen LogP contribution in [0.25, 0.3) is 0 Å². The number of nitriles is 1. The summed E-state index contributed by atoms with van der Waals surface area (Å²) in [4.78, 5) is 4.03. The molecule has 15 heavy (non-hydrogen) atoms. The number of rotatable bonds is 2. The van der Waals surface area contributed by atoms with Crippen LogP contribution in [0.15, 0.2) is 35.0 Å². The van der Waals surface area contributed by atoms with Crippen LogP contribution in [0.2, 0.25) is 0 Å². The Kier molecular flexibility index (Phi) is 4.24. The molecule has 0 aliphatic carbocycles. The van der Waals surface area contributed by atoms with Crippen LogP contribution >= 0.6 is 22.6 Å². The molecule has 0 fully saturated rings. The van der Waals surface area contributed by atoms with Gasteiger partial charge in [0.05, 0.1) is 5.69 Å². The zero-order valence-electron chi connectivity index (χ0n) is 7.61. The molecule has 0 aliphatic heterocycles. The Morgan fingerprint density at radius 2 is 2.33 bits per heavy atom. The van der Waals surface area contributed by atoms with Gasteiger partial charge < -0.3 is 5.73 Å². The molecule has 0 saturated carbocycles. The van der Waals surface area contributed by atoms with E-state index >= 15 is 0 Å². The molecule has 0 heterocycles. The topological polar surface area (TPSA) is 62.2 Å². The van der Waals surface area contributed by atoms with Gasteiger partial charge in [0.2, 0.25) is 0 Å². The van der Waals surface area contributed by atoms with Crippen LogP contribution in [0.5, 0.6) is 0 Å². The first-order valence-electron chi connectivity index (χ1n) is 3.98. The zero-order valence-corrected chi connectivity index (χ0v) is 9.77. The SMILES string of the molecule is N#CC(N)=CC=Nc1ccc(F)cc1I. The molecule has 0 aromatic heterocycles. The lowest BCUT2D eigenvalue weighted by Crippen LogP contribution is -1.92. The Balaban J connectivity index is 2.87. The summed E-state index contributed by atoms with van der Waals surface area (Å²) in [5.41, 5.74) is 5.96. The van der Waals surface area contributed by atoms with E-state index in [-0.39, 0.29) is 11.5 Å². The smallest absolute Gasteiger partial charge is 0.124 e. The lowest BCUT2D eigenvalue weighted by atomic mass is 10.3. The highest BCUT2D eigenvalue weighted by Crippen LogP contribution is 2.21. The molecular formula is C10H7FIN3. The molecular weight excluding hydrogens is 308 g/mol. The van der Waals surface area contributed by atoms with Gasteiger partial charge in [0.25, 0.3) is 0 Å². The minimum absolute atomic E-state index is 0.0795. The molecule has 0 bridgehead atoms. The molecule has 2 N–H and O–H groups in total. The molecule has 0 spiro atoms. The lowest BCUT2D eigenvalue weighted by molar-refractivity contribution is 0.627. The van der Waals surface area contributed by atoms with E-state index in [2.05, 4.69) is 4.99 Å². The Morgan fingerprint density at radius 1 is 1.60 bits per heavy atom. The number of allylic oxidation sites excluding steroid dienone is 2. The second kappa shape index (κ2) is 5.46.